The molecule has 0 saturated heterocycles. The van der Waals surface area contributed by atoms with Crippen LogP contribution in [0.15, 0.2) is 6.07 Å². The zero-order valence-electron chi connectivity index (χ0n) is 8.42. The van der Waals surface area contributed by atoms with Crippen molar-refractivity contribution in [1.82, 2.24) is 4.98 Å². The fourth-order valence-corrected chi connectivity index (χ4v) is 1.30. The lowest BCUT2D eigenvalue weighted by Crippen LogP contribution is -2.18. The third-order valence-corrected chi connectivity index (χ3v) is 2.00. The van der Waals surface area contributed by atoms with Crippen molar-refractivity contribution in [2.24, 2.45) is 0 Å². The maximum Gasteiger partial charge on any atom is 0.573 e. The number of hydrogen-bond donors (Lipinski definition) is 0. The molecule has 0 fully saturated rings. The van der Waals surface area contributed by atoms with Gasteiger partial charge in [-0.3, -0.25) is 0 Å². The highest BCUT2D eigenvalue weighted by atomic mass is 35.5. The van der Waals surface area contributed by atoms with Gasteiger partial charge in [-0.05, 0) is 22.9 Å². The summed E-state index contributed by atoms with van der Waals surface area (Å²) in [5.41, 5.74) is -0.371. The second-order valence-corrected chi connectivity index (χ2v) is 3.28. The fourth-order valence-electron chi connectivity index (χ4n) is 1.11. The van der Waals surface area contributed by atoms with Crippen LogP contribution in [-0.4, -0.2) is 16.3 Å². The summed E-state index contributed by atoms with van der Waals surface area (Å²) in [4.78, 5) is 13.1. The van der Waals surface area contributed by atoms with Gasteiger partial charge in [0, 0.05) is 0 Å². The Morgan fingerprint density at radius 3 is 2.59 bits per heavy atom. The van der Waals surface area contributed by atoms with Gasteiger partial charge in [-0.15, -0.1) is 24.8 Å². The van der Waals surface area contributed by atoms with Crippen LogP contribution in [0, 0.1) is 17.0 Å². The minimum atomic E-state index is -4.90. The van der Waals surface area contributed by atoms with E-state index in [0.717, 1.165) is 6.07 Å². The monoisotopic (exact) mass is 270 g/mol. The quantitative estimate of drug-likeness (QED) is 0.481. The van der Waals surface area contributed by atoms with Crippen LogP contribution in [0.25, 0.3) is 0 Å². The summed E-state index contributed by atoms with van der Waals surface area (Å²) in [7, 11) is 0. The van der Waals surface area contributed by atoms with Crippen LogP contribution < -0.4 is 4.74 Å². The van der Waals surface area contributed by atoms with Crippen molar-refractivity contribution in [1.29, 1.82) is 0 Å². The molecule has 0 unspecified atom stereocenters. The van der Waals surface area contributed by atoms with Gasteiger partial charge >= 0.3 is 12.2 Å². The van der Waals surface area contributed by atoms with Crippen LogP contribution in [0.2, 0.25) is 0 Å². The lowest BCUT2D eigenvalue weighted by Gasteiger charge is -2.10. The molecule has 0 amide bonds. The van der Waals surface area contributed by atoms with Crippen LogP contribution in [0.1, 0.15) is 11.3 Å². The van der Waals surface area contributed by atoms with Crippen LogP contribution >= 0.6 is 11.6 Å². The first-order valence-corrected chi connectivity index (χ1v) is 4.74. The Morgan fingerprint density at radius 2 is 2.18 bits per heavy atom. The second-order valence-electron chi connectivity index (χ2n) is 3.01. The Hall–Kier alpha value is -1.57. The summed E-state index contributed by atoms with van der Waals surface area (Å²) in [5.74, 6) is -1.60. The molecule has 0 N–H and O–H groups in total. The number of ether oxygens (including phenoxy) is 1. The van der Waals surface area contributed by atoms with Crippen molar-refractivity contribution in [2.75, 3.05) is 0 Å². The highest BCUT2D eigenvalue weighted by molar-refractivity contribution is 6.17. The summed E-state index contributed by atoms with van der Waals surface area (Å²) < 4.78 is 39.7. The number of alkyl halides is 4. The van der Waals surface area contributed by atoms with Crippen molar-refractivity contribution in [3.63, 3.8) is 0 Å². The molecule has 0 bridgehead atoms. The predicted octanol–water partition coefficient (Wildman–Crippen LogP) is 2.94. The van der Waals surface area contributed by atoms with Gasteiger partial charge in [0.2, 0.25) is 5.69 Å². The molecule has 0 aromatic carbocycles. The number of nitro groups is 1. The first kappa shape index (κ1) is 13.5. The standard InChI is InChI=1S/C8H6ClF3N2O3/c1-4-2-6(17-8(10,11)12)5(3-9)13-7(4)14(15)16/h2H,3H2,1H3. The van der Waals surface area contributed by atoms with Crippen LogP contribution in [0.5, 0.6) is 5.75 Å². The number of aromatic nitrogens is 1. The van der Waals surface area contributed by atoms with Gasteiger partial charge in [0.05, 0.1) is 11.4 Å². The van der Waals surface area contributed by atoms with Gasteiger partial charge in [0.25, 0.3) is 0 Å². The van der Waals surface area contributed by atoms with E-state index in [1.807, 2.05) is 0 Å². The summed E-state index contributed by atoms with van der Waals surface area (Å²) >= 11 is 5.36. The van der Waals surface area contributed by atoms with E-state index in [0.29, 0.717) is 0 Å². The van der Waals surface area contributed by atoms with E-state index in [9.17, 15) is 23.3 Å². The zero-order valence-corrected chi connectivity index (χ0v) is 9.17. The second kappa shape index (κ2) is 4.74. The molecule has 94 valence electrons. The molecular formula is C8H6ClF3N2O3. The first-order chi connectivity index (χ1) is 7.74. The van der Waals surface area contributed by atoms with Gasteiger partial charge in [0.1, 0.15) is 0 Å². The molecule has 17 heavy (non-hydrogen) atoms. The number of nitrogens with zero attached hydrogens (tertiary/aromatic N) is 2. The molecular weight excluding hydrogens is 265 g/mol. The molecule has 0 radical (unpaired) electrons. The molecule has 1 aromatic rings. The predicted molar refractivity (Wildman–Crippen MR) is 51.9 cm³/mol. The third kappa shape index (κ3) is 3.45. The summed E-state index contributed by atoms with van der Waals surface area (Å²) in [6.45, 7) is 1.26. The Kier molecular flexibility index (Phi) is 3.76. The van der Waals surface area contributed by atoms with E-state index in [2.05, 4.69) is 9.72 Å². The van der Waals surface area contributed by atoms with Crippen LogP contribution in [0.3, 0.4) is 0 Å². The van der Waals surface area contributed by atoms with E-state index in [-0.39, 0.29) is 11.3 Å². The smallest absolute Gasteiger partial charge is 0.401 e. The fraction of sp³-hybridized carbons (Fsp3) is 0.375. The summed E-state index contributed by atoms with van der Waals surface area (Å²) in [6, 6.07) is 0.885. The molecule has 1 rings (SSSR count). The Bertz CT molecular complexity index is 450. The summed E-state index contributed by atoms with van der Waals surface area (Å²) in [5, 5.41) is 10.5. The number of halogens is 4. The maximum absolute atomic E-state index is 12.0. The normalized spacial score (nSPS) is 11.4. The minimum Gasteiger partial charge on any atom is -0.401 e. The molecule has 0 aliphatic heterocycles. The van der Waals surface area contributed by atoms with Crippen molar-refractivity contribution in [3.8, 4) is 5.75 Å². The molecule has 0 aliphatic carbocycles. The molecule has 9 heteroatoms. The Labute approximate surface area is 98.3 Å². The van der Waals surface area contributed by atoms with Gasteiger partial charge < -0.3 is 14.9 Å². The molecule has 1 heterocycles. The summed E-state index contributed by atoms with van der Waals surface area (Å²) in [6.07, 6.45) is -4.90. The largest absolute Gasteiger partial charge is 0.573 e. The molecule has 0 atom stereocenters. The lowest BCUT2D eigenvalue weighted by atomic mass is 10.2. The van der Waals surface area contributed by atoms with Crippen molar-refractivity contribution < 1.29 is 22.8 Å². The van der Waals surface area contributed by atoms with Crippen molar-refractivity contribution in [3.05, 3.63) is 27.4 Å². The zero-order chi connectivity index (χ0) is 13.2. The Morgan fingerprint density at radius 1 is 1.59 bits per heavy atom. The van der Waals surface area contributed by atoms with E-state index in [4.69, 9.17) is 11.6 Å². The third-order valence-electron chi connectivity index (χ3n) is 1.75. The highest BCUT2D eigenvalue weighted by Gasteiger charge is 2.34. The average Bonchev–Trinajstić information content (AvgIpc) is 2.14. The van der Waals surface area contributed by atoms with E-state index in [1.165, 1.54) is 6.92 Å². The topological polar surface area (TPSA) is 65.3 Å². The molecule has 0 spiro atoms. The number of pyridine rings is 1. The van der Waals surface area contributed by atoms with Gasteiger partial charge in [-0.2, -0.15) is 0 Å². The highest BCUT2D eigenvalue weighted by Crippen LogP contribution is 2.30. The first-order valence-electron chi connectivity index (χ1n) is 4.21. The lowest BCUT2D eigenvalue weighted by molar-refractivity contribution is -0.390. The van der Waals surface area contributed by atoms with E-state index < -0.39 is 28.7 Å². The van der Waals surface area contributed by atoms with Gasteiger partial charge in [-0.1, -0.05) is 0 Å². The number of aryl methyl sites for hydroxylation is 1. The van der Waals surface area contributed by atoms with Crippen LogP contribution in [0.4, 0.5) is 19.0 Å². The van der Waals surface area contributed by atoms with E-state index in [1.54, 1.807) is 0 Å². The molecule has 1 aromatic heterocycles. The molecule has 5 nitrogen and oxygen atoms in total. The minimum absolute atomic E-state index is 0.0388. The Balaban J connectivity index is 3.24. The SMILES string of the molecule is Cc1cc(OC(F)(F)F)c(CCl)nc1[N+](=O)[O-]. The number of rotatable bonds is 3. The van der Waals surface area contributed by atoms with Gasteiger partial charge in [0.15, 0.2) is 5.75 Å². The van der Waals surface area contributed by atoms with Gasteiger partial charge in [-0.25, -0.2) is 0 Å². The van der Waals surface area contributed by atoms with E-state index >= 15 is 0 Å². The van der Waals surface area contributed by atoms with Crippen molar-refractivity contribution in [2.45, 2.75) is 19.2 Å². The molecule has 0 saturated carbocycles. The average molecular weight is 271 g/mol. The maximum atomic E-state index is 12.0. The number of hydrogen-bond acceptors (Lipinski definition) is 4. The molecule has 0 aliphatic rings. The van der Waals surface area contributed by atoms with Crippen molar-refractivity contribution >= 4 is 17.4 Å². The van der Waals surface area contributed by atoms with Crippen LogP contribution in [-0.2, 0) is 5.88 Å².